The number of β-amino-alcohol motifs (C(OH)–C–C–N with tert-alkyl or cyclic N) is 1. The van der Waals surface area contributed by atoms with Crippen LogP contribution in [0.15, 0.2) is 47.3 Å². The number of fused-ring (bicyclic) bond motifs is 1. The maximum atomic E-state index is 12.8. The predicted octanol–water partition coefficient (Wildman–Crippen LogP) is 2.52. The highest BCUT2D eigenvalue weighted by atomic mass is 16.5. The first kappa shape index (κ1) is 27.8. The fourth-order valence-corrected chi connectivity index (χ4v) is 5.33. The van der Waals surface area contributed by atoms with Crippen molar-refractivity contribution in [1.82, 2.24) is 25.1 Å². The highest BCUT2D eigenvalue weighted by Crippen LogP contribution is 2.25. The van der Waals surface area contributed by atoms with Crippen molar-refractivity contribution in [2.45, 2.75) is 51.9 Å². The van der Waals surface area contributed by atoms with Gasteiger partial charge < -0.3 is 24.5 Å². The number of nitrogens with zero attached hydrogens (tertiary/aromatic N) is 4. The van der Waals surface area contributed by atoms with E-state index in [1.807, 2.05) is 20.0 Å². The first-order valence-corrected chi connectivity index (χ1v) is 13.8. The van der Waals surface area contributed by atoms with Gasteiger partial charge in [-0.15, -0.1) is 0 Å². The summed E-state index contributed by atoms with van der Waals surface area (Å²) in [6.45, 7) is 5.16. The Bertz CT molecular complexity index is 1340. The first-order valence-electron chi connectivity index (χ1n) is 13.8. The van der Waals surface area contributed by atoms with Crippen LogP contribution >= 0.6 is 0 Å². The number of amides is 2. The second kappa shape index (κ2) is 12.6. The van der Waals surface area contributed by atoms with Gasteiger partial charge in [0.05, 0.1) is 11.8 Å². The largest absolute Gasteiger partial charge is 0.486 e. The molecule has 0 radical (unpaired) electrons. The van der Waals surface area contributed by atoms with Gasteiger partial charge in [0.25, 0.3) is 5.91 Å². The third-order valence-corrected chi connectivity index (χ3v) is 7.79. The highest BCUT2D eigenvalue weighted by molar-refractivity contribution is 5.94. The third-order valence-electron chi connectivity index (χ3n) is 7.79. The molecule has 2 aliphatic heterocycles. The Balaban J connectivity index is 1.07. The molecule has 2 atom stereocenters. The summed E-state index contributed by atoms with van der Waals surface area (Å²) in [7, 11) is 1.83. The number of aryl methyl sites for hydroxylation is 1. The Hall–Kier alpha value is -3.76. The fourth-order valence-electron chi connectivity index (χ4n) is 5.33. The van der Waals surface area contributed by atoms with Gasteiger partial charge in [-0.2, -0.15) is 0 Å². The predicted molar refractivity (Wildman–Crippen MR) is 148 cm³/mol. The summed E-state index contributed by atoms with van der Waals surface area (Å²) in [6, 6.07) is 9.56. The van der Waals surface area contributed by atoms with Gasteiger partial charge in [-0.1, -0.05) is 6.07 Å². The van der Waals surface area contributed by atoms with Crippen molar-refractivity contribution >= 4 is 11.8 Å². The Morgan fingerprint density at radius 1 is 1.23 bits per heavy atom. The number of aromatic nitrogens is 2. The lowest BCUT2D eigenvalue weighted by molar-refractivity contribution is -0.133. The molecule has 2 aliphatic rings. The lowest BCUT2D eigenvalue weighted by Gasteiger charge is -2.30. The second-order valence-electron chi connectivity index (χ2n) is 10.8. The van der Waals surface area contributed by atoms with Crippen LogP contribution in [0.25, 0.3) is 0 Å². The van der Waals surface area contributed by atoms with Gasteiger partial charge in [0.1, 0.15) is 12.4 Å². The molecule has 0 spiro atoms. The molecule has 0 aliphatic carbocycles. The maximum absolute atomic E-state index is 12.8. The second-order valence-corrected chi connectivity index (χ2v) is 10.8. The number of benzene rings is 1. The van der Waals surface area contributed by atoms with Crippen LogP contribution in [0.2, 0.25) is 0 Å². The highest BCUT2D eigenvalue weighted by Gasteiger charge is 2.24. The number of rotatable bonds is 10. The summed E-state index contributed by atoms with van der Waals surface area (Å²) in [4.78, 5) is 37.2. The quantitative estimate of drug-likeness (QED) is 0.397. The molecule has 1 saturated heterocycles. The van der Waals surface area contributed by atoms with E-state index in [0.717, 1.165) is 55.4 Å². The van der Waals surface area contributed by atoms with Crippen molar-refractivity contribution in [3.05, 3.63) is 76.8 Å². The van der Waals surface area contributed by atoms with Crippen molar-refractivity contribution in [1.29, 1.82) is 0 Å². The van der Waals surface area contributed by atoms with Gasteiger partial charge in [0, 0.05) is 63.6 Å². The molecule has 1 aromatic carbocycles. The zero-order valence-electron chi connectivity index (χ0n) is 23.1. The first-order chi connectivity index (χ1) is 19.3. The molecule has 10 heteroatoms. The van der Waals surface area contributed by atoms with E-state index in [1.54, 1.807) is 23.2 Å². The average molecular weight is 548 g/mol. The number of hydrogen-bond donors (Lipinski definition) is 2. The molecule has 0 bridgehead atoms. The number of ether oxygens (including phenoxy) is 1. The Morgan fingerprint density at radius 2 is 2.10 bits per heavy atom. The van der Waals surface area contributed by atoms with Crippen LogP contribution in [-0.4, -0.2) is 76.0 Å². The zero-order valence-corrected chi connectivity index (χ0v) is 23.1. The van der Waals surface area contributed by atoms with E-state index < -0.39 is 6.10 Å². The zero-order chi connectivity index (χ0) is 28.1. The van der Waals surface area contributed by atoms with Gasteiger partial charge in [-0.25, -0.2) is 4.98 Å². The summed E-state index contributed by atoms with van der Waals surface area (Å²) in [6.07, 6.45) is 5.35. The van der Waals surface area contributed by atoms with Crippen molar-refractivity contribution in [3.8, 4) is 5.75 Å². The van der Waals surface area contributed by atoms with Gasteiger partial charge in [0.2, 0.25) is 5.91 Å². The monoisotopic (exact) mass is 547 g/mol. The van der Waals surface area contributed by atoms with Gasteiger partial charge in [-0.05, 0) is 67.5 Å². The summed E-state index contributed by atoms with van der Waals surface area (Å²) < 4.78 is 11.2. The standard InChI is InChI=1S/C30H37N5O5/c1-20-28(40-19-33-20)18-39-27-4-3-24-16-35(10-7-22(24)14-27)17-26(36)15-32-30(38)23-5-8-31-25(13-23)11-21-6-9-34(2)29(37)12-21/h3-5,8,13-14,19,21,26,36H,6-7,9-12,15-18H2,1-2H3,(H,32,38)/t21?,26-/m0/s1. The van der Waals surface area contributed by atoms with Gasteiger partial charge in [-0.3, -0.25) is 19.5 Å². The number of likely N-dealkylation sites (tertiary alicyclic amines) is 1. The molecular formula is C30H37N5O5. The number of aliphatic hydroxyl groups excluding tert-OH is 1. The van der Waals surface area contributed by atoms with E-state index in [0.29, 0.717) is 31.6 Å². The number of carbonyl (C=O) groups is 2. The molecule has 1 unspecified atom stereocenters. The molecule has 0 saturated carbocycles. The molecule has 5 rings (SSSR count). The minimum Gasteiger partial charge on any atom is -0.486 e. The topological polar surface area (TPSA) is 121 Å². The van der Waals surface area contributed by atoms with Crippen LogP contribution < -0.4 is 10.1 Å². The fraction of sp³-hybridized carbons (Fsp3) is 0.467. The van der Waals surface area contributed by atoms with Crippen LogP contribution in [0.5, 0.6) is 5.75 Å². The minimum absolute atomic E-state index is 0.157. The molecule has 2 N–H and O–H groups in total. The van der Waals surface area contributed by atoms with Gasteiger partial charge >= 0.3 is 0 Å². The SMILES string of the molecule is Cc1ncoc1COc1ccc2c(c1)CCN(C[C@@H](O)CNC(=O)c1ccnc(CC3CCN(C)C(=O)C3)c1)C2. The third kappa shape index (κ3) is 7.05. The summed E-state index contributed by atoms with van der Waals surface area (Å²) in [5, 5.41) is 13.5. The van der Waals surface area contributed by atoms with E-state index in [1.165, 1.54) is 17.5 Å². The van der Waals surface area contributed by atoms with E-state index >= 15 is 0 Å². The molecule has 3 aromatic rings. The number of piperidine rings is 1. The smallest absolute Gasteiger partial charge is 0.251 e. The number of oxazole rings is 1. The van der Waals surface area contributed by atoms with Gasteiger partial charge in [0.15, 0.2) is 12.2 Å². The van der Waals surface area contributed by atoms with Crippen LogP contribution in [0.4, 0.5) is 0 Å². The molecule has 4 heterocycles. The summed E-state index contributed by atoms with van der Waals surface area (Å²) >= 11 is 0. The van der Waals surface area contributed by atoms with Crippen molar-refractivity contribution in [2.24, 2.45) is 5.92 Å². The Labute approximate surface area is 234 Å². The Morgan fingerprint density at radius 3 is 2.90 bits per heavy atom. The molecule has 2 aromatic heterocycles. The van der Waals surface area contributed by atoms with E-state index in [9.17, 15) is 14.7 Å². The molecule has 2 amide bonds. The van der Waals surface area contributed by atoms with Crippen molar-refractivity contribution in [3.63, 3.8) is 0 Å². The van der Waals surface area contributed by atoms with Crippen LogP contribution in [0.1, 0.15) is 51.5 Å². The lowest BCUT2D eigenvalue weighted by atomic mass is 9.91. The average Bonchev–Trinajstić information content (AvgIpc) is 3.37. The number of nitrogens with one attached hydrogen (secondary N) is 1. The molecule has 212 valence electrons. The van der Waals surface area contributed by atoms with Crippen molar-refractivity contribution < 1.29 is 23.8 Å². The summed E-state index contributed by atoms with van der Waals surface area (Å²) in [5.41, 5.74) is 4.60. The summed E-state index contributed by atoms with van der Waals surface area (Å²) in [5.74, 6) is 1.68. The maximum Gasteiger partial charge on any atom is 0.251 e. The number of hydrogen-bond acceptors (Lipinski definition) is 8. The Kier molecular flexibility index (Phi) is 8.76. The van der Waals surface area contributed by atoms with E-state index in [2.05, 4.69) is 32.3 Å². The normalized spacial score (nSPS) is 18.3. The van der Waals surface area contributed by atoms with E-state index in [4.69, 9.17) is 9.15 Å². The number of carbonyl (C=O) groups excluding carboxylic acids is 2. The lowest BCUT2D eigenvalue weighted by Crippen LogP contribution is -2.42. The molecular weight excluding hydrogens is 510 g/mol. The number of aliphatic hydroxyl groups is 1. The van der Waals surface area contributed by atoms with E-state index in [-0.39, 0.29) is 24.3 Å². The van der Waals surface area contributed by atoms with Crippen LogP contribution in [0.3, 0.4) is 0 Å². The molecule has 40 heavy (non-hydrogen) atoms. The van der Waals surface area contributed by atoms with Crippen molar-refractivity contribution in [2.75, 3.05) is 33.2 Å². The molecule has 10 nitrogen and oxygen atoms in total. The van der Waals surface area contributed by atoms with Crippen LogP contribution in [-0.2, 0) is 30.8 Å². The minimum atomic E-state index is -0.690. The molecule has 1 fully saturated rings. The van der Waals surface area contributed by atoms with Crippen LogP contribution in [0, 0.1) is 12.8 Å². The number of pyridine rings is 1.